The molecular formula is C15H16BrNO8. The molecule has 1 aliphatic carbocycles. The van der Waals surface area contributed by atoms with Crippen molar-refractivity contribution in [2.24, 2.45) is 5.92 Å². The van der Waals surface area contributed by atoms with E-state index in [0.29, 0.717) is 12.8 Å². The van der Waals surface area contributed by atoms with Crippen molar-refractivity contribution < 1.29 is 33.8 Å². The van der Waals surface area contributed by atoms with Gasteiger partial charge in [-0.1, -0.05) is 0 Å². The Morgan fingerprint density at radius 2 is 2.04 bits per heavy atom. The summed E-state index contributed by atoms with van der Waals surface area (Å²) in [5, 5.41) is 19.8. The van der Waals surface area contributed by atoms with E-state index >= 15 is 0 Å². The number of halogens is 1. The monoisotopic (exact) mass is 417 g/mol. The molecule has 0 spiro atoms. The molecule has 1 N–H and O–H groups in total. The topological polar surface area (TPSA) is 125 Å². The second-order valence-electron chi connectivity index (χ2n) is 5.40. The highest BCUT2D eigenvalue weighted by atomic mass is 79.9. The molecule has 1 aromatic carbocycles. The quantitative estimate of drug-likeness (QED) is 0.295. The number of nitro groups is 1. The van der Waals surface area contributed by atoms with Crippen LogP contribution in [0.5, 0.6) is 5.75 Å². The maximum absolute atomic E-state index is 11.8. The number of rotatable bonds is 8. The molecule has 1 aromatic rings. The summed E-state index contributed by atoms with van der Waals surface area (Å²) in [6.45, 7) is 0.300. The molecule has 0 aliphatic heterocycles. The van der Waals surface area contributed by atoms with Crippen LogP contribution < -0.4 is 4.74 Å². The minimum atomic E-state index is -0.824. The Labute approximate surface area is 151 Å². The Morgan fingerprint density at radius 3 is 2.60 bits per heavy atom. The van der Waals surface area contributed by atoms with E-state index in [2.05, 4.69) is 20.7 Å². The zero-order valence-corrected chi connectivity index (χ0v) is 14.9. The third-order valence-corrected chi connectivity index (χ3v) is 4.42. The summed E-state index contributed by atoms with van der Waals surface area (Å²) in [5.74, 6) is -1.81. The lowest BCUT2D eigenvalue weighted by Gasteiger charge is -2.32. The SMILES string of the molecule is COC(=O)c1cc([N+](=O)[O-])c(Br)cc1OCCO[C@H]1C[C@@H](C(=O)O)C1. The molecule has 0 heterocycles. The number of hydrogen-bond donors (Lipinski definition) is 1. The summed E-state index contributed by atoms with van der Waals surface area (Å²) in [6, 6.07) is 2.41. The second-order valence-corrected chi connectivity index (χ2v) is 6.25. The Hall–Kier alpha value is -2.20. The predicted octanol–water partition coefficient (Wildman–Crippen LogP) is 2.40. The van der Waals surface area contributed by atoms with E-state index in [-0.39, 0.29) is 46.7 Å². The molecule has 136 valence electrons. The van der Waals surface area contributed by atoms with E-state index in [0.717, 1.165) is 6.07 Å². The van der Waals surface area contributed by atoms with Gasteiger partial charge in [0.15, 0.2) is 0 Å². The molecule has 1 fully saturated rings. The number of nitrogens with zero attached hydrogens (tertiary/aromatic N) is 1. The van der Waals surface area contributed by atoms with Gasteiger partial charge in [0.1, 0.15) is 17.9 Å². The summed E-state index contributed by atoms with van der Waals surface area (Å²) < 4.78 is 15.7. The van der Waals surface area contributed by atoms with Gasteiger partial charge < -0.3 is 19.3 Å². The third-order valence-electron chi connectivity index (χ3n) is 3.79. The highest BCUT2D eigenvalue weighted by Crippen LogP contribution is 2.33. The number of esters is 1. The van der Waals surface area contributed by atoms with E-state index in [1.165, 1.54) is 13.2 Å². The first-order valence-electron chi connectivity index (χ1n) is 7.37. The van der Waals surface area contributed by atoms with Crippen molar-refractivity contribution in [1.82, 2.24) is 0 Å². The zero-order chi connectivity index (χ0) is 18.6. The largest absolute Gasteiger partial charge is 0.490 e. The summed E-state index contributed by atoms with van der Waals surface area (Å²) in [7, 11) is 1.17. The molecule has 9 nitrogen and oxygen atoms in total. The molecular weight excluding hydrogens is 402 g/mol. The number of methoxy groups -OCH3 is 1. The minimum absolute atomic E-state index is 0.0630. The molecule has 0 radical (unpaired) electrons. The number of carboxylic acid groups (broad SMARTS) is 1. The van der Waals surface area contributed by atoms with Gasteiger partial charge in [0.05, 0.1) is 35.1 Å². The van der Waals surface area contributed by atoms with E-state index in [4.69, 9.17) is 14.6 Å². The first kappa shape index (κ1) is 19.1. The van der Waals surface area contributed by atoms with Gasteiger partial charge in [0.2, 0.25) is 0 Å². The Bertz CT molecular complexity index is 686. The number of aliphatic carboxylic acids is 1. The Balaban J connectivity index is 1.94. The fourth-order valence-electron chi connectivity index (χ4n) is 2.34. The average molecular weight is 418 g/mol. The maximum atomic E-state index is 11.8. The molecule has 10 heteroatoms. The third kappa shape index (κ3) is 4.67. The van der Waals surface area contributed by atoms with Gasteiger partial charge in [-0.3, -0.25) is 14.9 Å². The molecule has 0 aromatic heterocycles. The highest BCUT2D eigenvalue weighted by molar-refractivity contribution is 9.10. The van der Waals surface area contributed by atoms with E-state index in [1.54, 1.807) is 0 Å². The van der Waals surface area contributed by atoms with Crippen molar-refractivity contribution in [2.75, 3.05) is 20.3 Å². The lowest BCUT2D eigenvalue weighted by atomic mass is 9.82. The van der Waals surface area contributed by atoms with Crippen molar-refractivity contribution >= 4 is 33.6 Å². The first-order valence-corrected chi connectivity index (χ1v) is 8.16. The molecule has 0 unspecified atom stereocenters. The molecule has 0 saturated heterocycles. The van der Waals surface area contributed by atoms with Gasteiger partial charge in [-0.25, -0.2) is 4.79 Å². The van der Waals surface area contributed by atoms with Gasteiger partial charge in [-0.15, -0.1) is 0 Å². The maximum Gasteiger partial charge on any atom is 0.341 e. The van der Waals surface area contributed by atoms with Crippen LogP contribution in [0.3, 0.4) is 0 Å². The lowest BCUT2D eigenvalue weighted by Crippen LogP contribution is -2.37. The molecule has 25 heavy (non-hydrogen) atoms. The van der Waals surface area contributed by atoms with Crippen LogP contribution in [0.2, 0.25) is 0 Å². The van der Waals surface area contributed by atoms with Crippen molar-refractivity contribution in [2.45, 2.75) is 18.9 Å². The Morgan fingerprint density at radius 1 is 1.36 bits per heavy atom. The van der Waals surface area contributed by atoms with Gasteiger partial charge in [-0.05, 0) is 28.8 Å². The highest BCUT2D eigenvalue weighted by Gasteiger charge is 2.35. The average Bonchev–Trinajstić information content (AvgIpc) is 2.51. The normalized spacial score (nSPS) is 19.0. The standard InChI is InChI=1S/C15H16BrNO8/c1-23-15(20)10-6-12(17(21)22)11(16)7-13(10)25-3-2-24-9-4-8(5-9)14(18)19/h6-9H,2-5H2,1H3,(H,18,19)/t8-,9+. The molecule has 1 saturated carbocycles. The summed E-state index contributed by atoms with van der Waals surface area (Å²) >= 11 is 3.06. The number of nitro benzene ring substituents is 1. The van der Waals surface area contributed by atoms with Gasteiger partial charge in [0.25, 0.3) is 5.69 Å². The number of ether oxygens (including phenoxy) is 3. The molecule has 2 rings (SSSR count). The van der Waals surface area contributed by atoms with Gasteiger partial charge in [-0.2, -0.15) is 0 Å². The summed E-state index contributed by atoms with van der Waals surface area (Å²) in [5.41, 5.74) is -0.342. The van der Waals surface area contributed by atoms with Crippen LogP contribution in [-0.2, 0) is 14.3 Å². The molecule has 0 atom stereocenters. The number of carbonyl (C=O) groups is 2. The molecule has 0 amide bonds. The molecule has 1 aliphatic rings. The number of benzene rings is 1. The number of hydrogen-bond acceptors (Lipinski definition) is 7. The fraction of sp³-hybridized carbons (Fsp3) is 0.467. The predicted molar refractivity (Wildman–Crippen MR) is 87.7 cm³/mol. The van der Waals surface area contributed by atoms with Crippen LogP contribution in [0.25, 0.3) is 0 Å². The second kappa shape index (κ2) is 8.26. The smallest absolute Gasteiger partial charge is 0.341 e. The van der Waals surface area contributed by atoms with E-state index < -0.39 is 16.9 Å². The van der Waals surface area contributed by atoms with Crippen molar-refractivity contribution in [3.8, 4) is 5.75 Å². The van der Waals surface area contributed by atoms with Crippen molar-refractivity contribution in [3.05, 3.63) is 32.3 Å². The lowest BCUT2D eigenvalue weighted by molar-refractivity contribution is -0.385. The van der Waals surface area contributed by atoms with Crippen molar-refractivity contribution in [1.29, 1.82) is 0 Å². The van der Waals surface area contributed by atoms with Gasteiger partial charge >= 0.3 is 11.9 Å². The van der Waals surface area contributed by atoms with Crippen LogP contribution in [0.4, 0.5) is 5.69 Å². The van der Waals surface area contributed by atoms with Crippen LogP contribution in [0.15, 0.2) is 16.6 Å². The van der Waals surface area contributed by atoms with Crippen LogP contribution in [-0.4, -0.2) is 48.4 Å². The van der Waals surface area contributed by atoms with Crippen LogP contribution >= 0.6 is 15.9 Å². The van der Waals surface area contributed by atoms with E-state index in [9.17, 15) is 19.7 Å². The van der Waals surface area contributed by atoms with Crippen molar-refractivity contribution in [3.63, 3.8) is 0 Å². The van der Waals surface area contributed by atoms with Crippen LogP contribution in [0, 0.1) is 16.0 Å². The number of carboxylic acids is 1. The number of carbonyl (C=O) groups excluding carboxylic acids is 1. The fourth-order valence-corrected chi connectivity index (χ4v) is 2.81. The van der Waals surface area contributed by atoms with Crippen LogP contribution in [0.1, 0.15) is 23.2 Å². The summed E-state index contributed by atoms with van der Waals surface area (Å²) in [4.78, 5) is 32.8. The summed E-state index contributed by atoms with van der Waals surface area (Å²) in [6.07, 6.45) is 0.811. The van der Waals surface area contributed by atoms with Gasteiger partial charge in [0, 0.05) is 12.1 Å². The van der Waals surface area contributed by atoms with E-state index in [1.807, 2.05) is 0 Å². The minimum Gasteiger partial charge on any atom is -0.490 e. The zero-order valence-electron chi connectivity index (χ0n) is 13.3. The first-order chi connectivity index (χ1) is 11.8. The molecule has 0 bridgehead atoms. The Kier molecular flexibility index (Phi) is 6.32.